The van der Waals surface area contributed by atoms with E-state index in [0.29, 0.717) is 10.8 Å². The summed E-state index contributed by atoms with van der Waals surface area (Å²) in [4.78, 5) is 5.12. The van der Waals surface area contributed by atoms with Crippen LogP contribution < -0.4 is 10.5 Å². The van der Waals surface area contributed by atoms with Crippen LogP contribution in [0.25, 0.3) is 0 Å². The van der Waals surface area contributed by atoms with Crippen LogP contribution in [0.5, 0.6) is 0 Å². The Bertz CT molecular complexity index is 623. The summed E-state index contributed by atoms with van der Waals surface area (Å²) in [6.07, 6.45) is 0. The molecular formula is C9H11N3O2S3. The number of hydrogen-bond acceptors (Lipinski definition) is 6. The van der Waals surface area contributed by atoms with Gasteiger partial charge in [0.1, 0.15) is 4.21 Å². The first-order valence-corrected chi connectivity index (χ1v) is 7.87. The van der Waals surface area contributed by atoms with E-state index in [1.165, 1.54) is 17.4 Å². The Labute approximate surface area is 107 Å². The molecule has 5 nitrogen and oxygen atoms in total. The maximum absolute atomic E-state index is 11.9. The van der Waals surface area contributed by atoms with Crippen LogP contribution in [0.2, 0.25) is 0 Å². The fourth-order valence-corrected chi connectivity index (χ4v) is 4.28. The number of sulfonamides is 1. The van der Waals surface area contributed by atoms with Crippen molar-refractivity contribution >= 4 is 43.5 Å². The first kappa shape index (κ1) is 12.3. The fraction of sp³-hybridized carbons (Fsp3) is 0.222. The summed E-state index contributed by atoms with van der Waals surface area (Å²) in [7, 11) is -3.56. The maximum Gasteiger partial charge on any atom is 0.273 e. The van der Waals surface area contributed by atoms with Crippen molar-refractivity contribution in [1.82, 2.24) is 4.98 Å². The zero-order valence-electron chi connectivity index (χ0n) is 9.22. The monoisotopic (exact) mass is 289 g/mol. The molecule has 2 heterocycles. The van der Waals surface area contributed by atoms with Crippen LogP contribution in [0.3, 0.4) is 0 Å². The Morgan fingerprint density at radius 1 is 1.41 bits per heavy atom. The lowest BCUT2D eigenvalue weighted by Crippen LogP contribution is -2.11. The number of rotatable bonds is 3. The van der Waals surface area contributed by atoms with Crippen LogP contribution in [0.1, 0.15) is 10.6 Å². The Morgan fingerprint density at radius 2 is 2.12 bits per heavy atom. The van der Waals surface area contributed by atoms with E-state index < -0.39 is 10.0 Å². The zero-order valence-corrected chi connectivity index (χ0v) is 11.7. The van der Waals surface area contributed by atoms with Crippen LogP contribution in [0, 0.1) is 13.8 Å². The van der Waals surface area contributed by atoms with Gasteiger partial charge in [-0.05, 0) is 19.9 Å². The predicted molar refractivity (Wildman–Crippen MR) is 71.1 cm³/mol. The minimum atomic E-state index is -3.56. The molecule has 0 saturated carbocycles. The molecule has 0 radical (unpaired) electrons. The highest BCUT2D eigenvalue weighted by Crippen LogP contribution is 2.27. The Morgan fingerprint density at radius 3 is 2.59 bits per heavy atom. The van der Waals surface area contributed by atoms with Crippen molar-refractivity contribution < 1.29 is 8.42 Å². The van der Waals surface area contributed by atoms with Crippen molar-refractivity contribution in [2.75, 3.05) is 10.5 Å². The van der Waals surface area contributed by atoms with Crippen molar-refractivity contribution in [3.05, 3.63) is 22.0 Å². The topological polar surface area (TPSA) is 85.1 Å². The summed E-state index contributed by atoms with van der Waals surface area (Å²) in [5.41, 5.74) is 6.78. The van der Waals surface area contributed by atoms with Gasteiger partial charge < -0.3 is 5.73 Å². The number of anilines is 2. The Kier molecular flexibility index (Phi) is 3.11. The SMILES string of the molecule is Cc1nc(NS(=O)(=O)c2cc(N)cs2)sc1C. The molecule has 2 rings (SSSR count). The molecule has 92 valence electrons. The second kappa shape index (κ2) is 4.28. The molecule has 0 spiro atoms. The molecule has 0 aliphatic heterocycles. The minimum Gasteiger partial charge on any atom is -0.398 e. The third-order valence-corrected chi connectivity index (χ3v) is 6.02. The van der Waals surface area contributed by atoms with Gasteiger partial charge in [-0.25, -0.2) is 13.4 Å². The number of nitrogens with zero attached hydrogens (tertiary/aromatic N) is 1. The molecule has 0 unspecified atom stereocenters. The number of aryl methyl sites for hydroxylation is 2. The standard InChI is InChI=1S/C9H11N3O2S3/c1-5-6(2)16-9(11-5)12-17(13,14)8-3-7(10)4-15-8/h3-4H,10H2,1-2H3,(H,11,12). The normalized spacial score (nSPS) is 11.6. The molecule has 0 aromatic carbocycles. The van der Waals surface area contributed by atoms with Crippen molar-refractivity contribution in [3.63, 3.8) is 0 Å². The number of thiazole rings is 1. The summed E-state index contributed by atoms with van der Waals surface area (Å²) in [6.45, 7) is 3.74. The van der Waals surface area contributed by atoms with Gasteiger partial charge in [-0.3, -0.25) is 4.72 Å². The molecule has 0 bridgehead atoms. The highest BCUT2D eigenvalue weighted by Gasteiger charge is 2.18. The van der Waals surface area contributed by atoms with Crippen LogP contribution in [-0.2, 0) is 10.0 Å². The lowest BCUT2D eigenvalue weighted by Gasteiger charge is -2.01. The van der Waals surface area contributed by atoms with Gasteiger partial charge in [0.05, 0.1) is 5.69 Å². The third-order valence-electron chi connectivity index (χ3n) is 2.11. The number of thiophene rings is 1. The van der Waals surface area contributed by atoms with E-state index in [1.54, 1.807) is 5.38 Å². The average molecular weight is 289 g/mol. The molecule has 2 aromatic heterocycles. The highest BCUT2D eigenvalue weighted by atomic mass is 32.2. The molecule has 2 aromatic rings. The van der Waals surface area contributed by atoms with E-state index in [-0.39, 0.29) is 4.21 Å². The van der Waals surface area contributed by atoms with Crippen LogP contribution in [0.4, 0.5) is 10.8 Å². The lowest BCUT2D eigenvalue weighted by atomic mass is 10.4. The quantitative estimate of drug-likeness (QED) is 0.907. The van der Waals surface area contributed by atoms with E-state index in [0.717, 1.165) is 21.9 Å². The largest absolute Gasteiger partial charge is 0.398 e. The van der Waals surface area contributed by atoms with E-state index in [2.05, 4.69) is 9.71 Å². The van der Waals surface area contributed by atoms with Gasteiger partial charge in [-0.2, -0.15) is 0 Å². The van der Waals surface area contributed by atoms with Gasteiger partial charge in [0.15, 0.2) is 5.13 Å². The van der Waals surface area contributed by atoms with Crippen LogP contribution in [0.15, 0.2) is 15.7 Å². The fourth-order valence-electron chi connectivity index (χ4n) is 1.15. The van der Waals surface area contributed by atoms with Crippen molar-refractivity contribution in [2.45, 2.75) is 18.1 Å². The van der Waals surface area contributed by atoms with Gasteiger partial charge in [-0.1, -0.05) is 0 Å². The lowest BCUT2D eigenvalue weighted by molar-refractivity contribution is 0.603. The van der Waals surface area contributed by atoms with Gasteiger partial charge in [0.25, 0.3) is 10.0 Å². The molecule has 0 saturated heterocycles. The molecular weight excluding hydrogens is 278 g/mol. The summed E-state index contributed by atoms with van der Waals surface area (Å²) in [5, 5.41) is 1.97. The minimum absolute atomic E-state index is 0.195. The molecule has 3 N–H and O–H groups in total. The maximum atomic E-state index is 11.9. The summed E-state index contributed by atoms with van der Waals surface area (Å²) >= 11 is 2.40. The predicted octanol–water partition coefficient (Wildman–Crippen LogP) is 2.20. The Hall–Kier alpha value is -1.12. The average Bonchev–Trinajstić information content (AvgIpc) is 2.75. The molecule has 0 fully saturated rings. The first-order valence-electron chi connectivity index (χ1n) is 4.69. The highest BCUT2D eigenvalue weighted by molar-refractivity contribution is 7.94. The van der Waals surface area contributed by atoms with Crippen molar-refractivity contribution in [2.24, 2.45) is 0 Å². The summed E-state index contributed by atoms with van der Waals surface area (Å²) in [6, 6.07) is 1.43. The Balaban J connectivity index is 2.29. The molecule has 0 atom stereocenters. The summed E-state index contributed by atoms with van der Waals surface area (Å²) in [5.74, 6) is 0. The van der Waals surface area contributed by atoms with E-state index in [4.69, 9.17) is 5.73 Å². The zero-order chi connectivity index (χ0) is 12.6. The van der Waals surface area contributed by atoms with Crippen molar-refractivity contribution in [3.8, 4) is 0 Å². The second-order valence-corrected chi connectivity index (χ2v) is 7.49. The molecule has 8 heteroatoms. The molecule has 17 heavy (non-hydrogen) atoms. The second-order valence-electron chi connectivity index (χ2n) is 3.47. The van der Waals surface area contributed by atoms with E-state index in [9.17, 15) is 8.42 Å². The number of nitrogen functional groups attached to an aromatic ring is 1. The van der Waals surface area contributed by atoms with Gasteiger partial charge in [0.2, 0.25) is 0 Å². The van der Waals surface area contributed by atoms with Gasteiger partial charge in [-0.15, -0.1) is 22.7 Å². The van der Waals surface area contributed by atoms with Gasteiger partial charge >= 0.3 is 0 Å². The number of nitrogens with two attached hydrogens (primary N) is 1. The third kappa shape index (κ3) is 2.59. The first-order chi connectivity index (χ1) is 7.88. The van der Waals surface area contributed by atoms with E-state index in [1.807, 2.05) is 13.8 Å². The van der Waals surface area contributed by atoms with E-state index >= 15 is 0 Å². The molecule has 0 aliphatic carbocycles. The van der Waals surface area contributed by atoms with Gasteiger partial charge in [0, 0.05) is 15.9 Å². The number of hydrogen-bond donors (Lipinski definition) is 2. The summed E-state index contributed by atoms with van der Waals surface area (Å²) < 4.78 is 26.5. The van der Waals surface area contributed by atoms with Crippen molar-refractivity contribution in [1.29, 1.82) is 0 Å². The number of nitrogens with one attached hydrogen (secondary N) is 1. The molecule has 0 aliphatic rings. The molecule has 0 amide bonds. The van der Waals surface area contributed by atoms with Crippen LogP contribution >= 0.6 is 22.7 Å². The number of aromatic nitrogens is 1. The smallest absolute Gasteiger partial charge is 0.273 e. The van der Waals surface area contributed by atoms with Crippen LogP contribution in [-0.4, -0.2) is 13.4 Å².